The monoisotopic (exact) mass is 255 g/mol. The molecule has 2 aromatic rings. The fourth-order valence-corrected chi connectivity index (χ4v) is 2.00. The first-order valence-electron chi connectivity index (χ1n) is 5.24. The molecule has 1 aromatic heterocycles. The third kappa shape index (κ3) is 2.87. The molecule has 0 saturated carbocycles. The van der Waals surface area contributed by atoms with Gasteiger partial charge in [0.05, 0.1) is 10.6 Å². The maximum Gasteiger partial charge on any atom is 0.220 e. The molecule has 0 fully saturated rings. The molecule has 0 amide bonds. The molecule has 0 aliphatic rings. The third-order valence-electron chi connectivity index (χ3n) is 2.18. The Morgan fingerprint density at radius 2 is 2.00 bits per heavy atom. The summed E-state index contributed by atoms with van der Waals surface area (Å²) in [6.45, 7) is 0. The number of nitriles is 1. The van der Waals surface area contributed by atoms with Gasteiger partial charge in [-0.3, -0.25) is 4.79 Å². The Bertz CT molecular complexity index is 584. The molecular formula is C13H9N3OS. The first-order chi connectivity index (χ1) is 8.81. The molecule has 88 valence electrons. The van der Waals surface area contributed by atoms with Gasteiger partial charge in [-0.15, -0.1) is 11.3 Å². The van der Waals surface area contributed by atoms with Gasteiger partial charge >= 0.3 is 0 Å². The smallest absolute Gasteiger partial charge is 0.220 e. The molecule has 0 aliphatic heterocycles. The van der Waals surface area contributed by atoms with Gasteiger partial charge in [-0.25, -0.2) is 0 Å². The molecule has 1 heterocycles. The molecule has 0 bridgehead atoms. The number of Topliss-reactive ketones (excluding diaryl/α,β-unsaturated/α-hetero) is 1. The molecule has 2 rings (SSSR count). The molecule has 0 aliphatic carbocycles. The summed E-state index contributed by atoms with van der Waals surface area (Å²) >= 11 is 1.29. The lowest BCUT2D eigenvalue weighted by molar-refractivity contribution is 0.0983. The van der Waals surface area contributed by atoms with Gasteiger partial charge in [0, 0.05) is 0 Å². The number of hydrogen-bond acceptors (Lipinski definition) is 5. The predicted octanol–water partition coefficient (Wildman–Crippen LogP) is 3.61. The Morgan fingerprint density at radius 3 is 2.61 bits per heavy atom. The minimum Gasteiger partial charge on any atom is -0.290 e. The average Bonchev–Trinajstić information content (AvgIpc) is 2.94. The van der Waals surface area contributed by atoms with Crippen molar-refractivity contribution in [2.75, 3.05) is 0 Å². The van der Waals surface area contributed by atoms with Crippen molar-refractivity contribution in [2.24, 2.45) is 10.2 Å². The molecule has 0 saturated heterocycles. The van der Waals surface area contributed by atoms with Gasteiger partial charge in [0.1, 0.15) is 6.07 Å². The summed E-state index contributed by atoms with van der Waals surface area (Å²) in [6, 6.07) is 13.2. The van der Waals surface area contributed by atoms with E-state index in [2.05, 4.69) is 10.2 Å². The second-order valence-electron chi connectivity index (χ2n) is 3.42. The zero-order valence-electron chi connectivity index (χ0n) is 9.35. The number of rotatable bonds is 4. The number of benzene rings is 1. The number of azo groups is 1. The summed E-state index contributed by atoms with van der Waals surface area (Å²) in [5.74, 6) is -0.313. The van der Waals surface area contributed by atoms with Crippen LogP contribution in [0.4, 0.5) is 5.69 Å². The molecule has 0 spiro atoms. The highest BCUT2D eigenvalue weighted by Crippen LogP contribution is 2.15. The first-order valence-corrected chi connectivity index (χ1v) is 6.12. The molecule has 4 nitrogen and oxygen atoms in total. The number of ketones is 1. The topological polar surface area (TPSA) is 65.6 Å². The van der Waals surface area contributed by atoms with Crippen LogP contribution in [-0.4, -0.2) is 11.8 Å². The lowest BCUT2D eigenvalue weighted by atomic mass is 10.2. The van der Waals surface area contributed by atoms with Crippen molar-refractivity contribution in [3.63, 3.8) is 0 Å². The summed E-state index contributed by atoms with van der Waals surface area (Å²) in [5, 5.41) is 18.4. The van der Waals surface area contributed by atoms with Crippen molar-refractivity contribution in [1.82, 2.24) is 0 Å². The predicted molar refractivity (Wildman–Crippen MR) is 69.0 cm³/mol. The van der Waals surface area contributed by atoms with E-state index in [1.54, 1.807) is 29.6 Å². The maximum absolute atomic E-state index is 11.9. The van der Waals surface area contributed by atoms with Crippen LogP contribution in [0.25, 0.3) is 0 Å². The number of carbonyl (C=O) groups excluding carboxylic acids is 1. The van der Waals surface area contributed by atoms with Crippen LogP contribution in [0.1, 0.15) is 9.67 Å². The molecule has 0 radical (unpaired) electrons. The van der Waals surface area contributed by atoms with Crippen molar-refractivity contribution in [2.45, 2.75) is 6.04 Å². The lowest BCUT2D eigenvalue weighted by Crippen LogP contribution is -2.14. The zero-order valence-corrected chi connectivity index (χ0v) is 10.2. The number of nitrogens with zero attached hydrogens (tertiary/aromatic N) is 3. The quantitative estimate of drug-likeness (QED) is 0.618. The lowest BCUT2D eigenvalue weighted by Gasteiger charge is -1.98. The van der Waals surface area contributed by atoms with Gasteiger partial charge in [-0.05, 0) is 23.6 Å². The second kappa shape index (κ2) is 5.84. The highest BCUT2D eigenvalue weighted by molar-refractivity contribution is 7.12. The molecule has 5 heteroatoms. The Hall–Kier alpha value is -2.32. The van der Waals surface area contributed by atoms with Crippen molar-refractivity contribution in [1.29, 1.82) is 5.26 Å². The van der Waals surface area contributed by atoms with Crippen molar-refractivity contribution < 1.29 is 4.79 Å². The van der Waals surface area contributed by atoms with Crippen LogP contribution in [0.15, 0.2) is 58.1 Å². The summed E-state index contributed by atoms with van der Waals surface area (Å²) in [4.78, 5) is 12.4. The average molecular weight is 255 g/mol. The van der Waals surface area contributed by atoms with E-state index in [4.69, 9.17) is 5.26 Å². The van der Waals surface area contributed by atoms with Gasteiger partial charge in [-0.2, -0.15) is 15.5 Å². The summed E-state index contributed by atoms with van der Waals surface area (Å²) in [5.41, 5.74) is 0.622. The minimum absolute atomic E-state index is 0.313. The first kappa shape index (κ1) is 12.1. The van der Waals surface area contributed by atoms with Crippen molar-refractivity contribution in [3.05, 3.63) is 52.7 Å². The molecule has 1 aromatic carbocycles. The summed E-state index contributed by atoms with van der Waals surface area (Å²) in [7, 11) is 0. The van der Waals surface area contributed by atoms with Gasteiger partial charge < -0.3 is 0 Å². The van der Waals surface area contributed by atoms with Gasteiger partial charge in [-0.1, -0.05) is 24.3 Å². The Labute approximate surface area is 108 Å². The van der Waals surface area contributed by atoms with E-state index in [1.165, 1.54) is 11.3 Å². The van der Waals surface area contributed by atoms with E-state index < -0.39 is 6.04 Å². The fourth-order valence-electron chi connectivity index (χ4n) is 1.31. The second-order valence-corrected chi connectivity index (χ2v) is 4.37. The number of thiophene rings is 1. The van der Waals surface area contributed by atoms with Crippen molar-refractivity contribution >= 4 is 22.8 Å². The number of carbonyl (C=O) groups is 1. The minimum atomic E-state index is -1.08. The van der Waals surface area contributed by atoms with Gasteiger partial charge in [0.15, 0.2) is 0 Å². The van der Waals surface area contributed by atoms with E-state index >= 15 is 0 Å². The highest BCUT2D eigenvalue weighted by Gasteiger charge is 2.19. The SMILES string of the molecule is N#CC(N=Nc1ccccc1)C(=O)c1cccs1. The normalized spacial score (nSPS) is 12.2. The summed E-state index contributed by atoms with van der Waals surface area (Å²) < 4.78 is 0. The van der Waals surface area contributed by atoms with Crippen LogP contribution in [-0.2, 0) is 0 Å². The standard InChI is InChI=1S/C13H9N3OS/c14-9-11(13(17)12-7-4-8-18-12)16-15-10-5-2-1-3-6-10/h1-8,11H. The van der Waals surface area contributed by atoms with Gasteiger partial charge in [0.2, 0.25) is 11.8 Å². The molecule has 18 heavy (non-hydrogen) atoms. The third-order valence-corrected chi connectivity index (χ3v) is 3.06. The zero-order chi connectivity index (χ0) is 12.8. The Morgan fingerprint density at radius 1 is 1.22 bits per heavy atom. The Balaban J connectivity index is 2.14. The van der Waals surface area contributed by atoms with Crippen molar-refractivity contribution in [3.8, 4) is 6.07 Å². The van der Waals surface area contributed by atoms with E-state index in [0.29, 0.717) is 10.6 Å². The van der Waals surface area contributed by atoms with E-state index in [0.717, 1.165) is 0 Å². The van der Waals surface area contributed by atoms with Crippen LogP contribution in [0.3, 0.4) is 0 Å². The van der Waals surface area contributed by atoms with Crippen LogP contribution >= 0.6 is 11.3 Å². The van der Waals surface area contributed by atoms with E-state index in [-0.39, 0.29) is 5.78 Å². The van der Waals surface area contributed by atoms with E-state index in [1.807, 2.05) is 24.3 Å². The largest absolute Gasteiger partial charge is 0.290 e. The van der Waals surface area contributed by atoms with Crippen LogP contribution in [0.2, 0.25) is 0 Å². The number of hydrogen-bond donors (Lipinski definition) is 0. The van der Waals surface area contributed by atoms with E-state index in [9.17, 15) is 4.79 Å². The molecule has 1 unspecified atom stereocenters. The molecule has 0 N–H and O–H groups in total. The fraction of sp³-hybridized carbons (Fsp3) is 0.0769. The highest BCUT2D eigenvalue weighted by atomic mass is 32.1. The van der Waals surface area contributed by atoms with Crippen LogP contribution < -0.4 is 0 Å². The Kier molecular flexibility index (Phi) is 3.94. The maximum atomic E-state index is 11.9. The molecule has 1 atom stereocenters. The summed E-state index contributed by atoms with van der Waals surface area (Å²) in [6.07, 6.45) is 0. The van der Waals surface area contributed by atoms with Gasteiger partial charge in [0.25, 0.3) is 0 Å². The van der Waals surface area contributed by atoms with Crippen LogP contribution in [0, 0.1) is 11.3 Å². The molecular weight excluding hydrogens is 246 g/mol. The van der Waals surface area contributed by atoms with Crippen LogP contribution in [0.5, 0.6) is 0 Å².